The van der Waals surface area contributed by atoms with Crippen molar-refractivity contribution in [3.8, 4) is 17.8 Å². The molecular formula is C24H23ClN6O3S. The summed E-state index contributed by atoms with van der Waals surface area (Å²) in [6.45, 7) is 5.38. The molecule has 0 radical (unpaired) electrons. The van der Waals surface area contributed by atoms with Crippen molar-refractivity contribution in [2.24, 2.45) is 0 Å². The van der Waals surface area contributed by atoms with Crippen LogP contribution < -0.4 is 15.4 Å². The van der Waals surface area contributed by atoms with E-state index in [2.05, 4.69) is 20.7 Å². The van der Waals surface area contributed by atoms with Gasteiger partial charge < -0.3 is 15.4 Å². The van der Waals surface area contributed by atoms with Gasteiger partial charge in [0.2, 0.25) is 5.88 Å². The molecule has 3 aromatic rings. The van der Waals surface area contributed by atoms with Gasteiger partial charge in [-0.25, -0.2) is 9.67 Å². The first kappa shape index (κ1) is 24.6. The van der Waals surface area contributed by atoms with Crippen LogP contribution >= 0.6 is 23.4 Å². The van der Waals surface area contributed by atoms with E-state index in [-0.39, 0.29) is 35.1 Å². The van der Waals surface area contributed by atoms with Crippen molar-refractivity contribution in [3.05, 3.63) is 63.9 Å². The highest BCUT2D eigenvalue weighted by atomic mass is 35.5. The summed E-state index contributed by atoms with van der Waals surface area (Å²) in [4.78, 5) is 30.7. The van der Waals surface area contributed by atoms with Crippen LogP contribution in [0.5, 0.6) is 5.88 Å². The summed E-state index contributed by atoms with van der Waals surface area (Å²) in [5.41, 5.74) is 1.50. The normalized spacial score (nSPS) is 13.1. The number of carbonyl (C=O) groups is 2. The van der Waals surface area contributed by atoms with Crippen LogP contribution in [0.25, 0.3) is 5.82 Å². The van der Waals surface area contributed by atoms with E-state index >= 15 is 0 Å². The Bertz CT molecular complexity index is 1330. The summed E-state index contributed by atoms with van der Waals surface area (Å²) in [5.74, 6) is 1.30. The number of aryl methyl sites for hydroxylation is 1. The number of nitriles is 1. The molecule has 11 heteroatoms. The highest BCUT2D eigenvalue weighted by molar-refractivity contribution is 8.00. The van der Waals surface area contributed by atoms with Gasteiger partial charge in [-0.3, -0.25) is 9.59 Å². The molecule has 0 bridgehead atoms. The Morgan fingerprint density at radius 1 is 1.29 bits per heavy atom. The number of hydrogen-bond acceptors (Lipinski definition) is 7. The van der Waals surface area contributed by atoms with Gasteiger partial charge in [0, 0.05) is 29.8 Å². The maximum Gasteiger partial charge on any atom is 0.274 e. The lowest BCUT2D eigenvalue weighted by atomic mass is 10.0. The first-order chi connectivity index (χ1) is 16.8. The molecule has 1 fully saturated rings. The van der Waals surface area contributed by atoms with E-state index in [0.29, 0.717) is 21.8 Å². The van der Waals surface area contributed by atoms with Crippen LogP contribution in [-0.4, -0.2) is 50.2 Å². The molecule has 0 atom stereocenters. The molecule has 2 N–H and O–H groups in total. The molecular weight excluding hydrogens is 488 g/mol. The lowest BCUT2D eigenvalue weighted by molar-refractivity contribution is 0.0944. The average molecular weight is 511 g/mol. The van der Waals surface area contributed by atoms with Gasteiger partial charge in [-0.2, -0.15) is 17.0 Å². The monoisotopic (exact) mass is 510 g/mol. The van der Waals surface area contributed by atoms with E-state index in [1.807, 2.05) is 19.9 Å². The largest absolute Gasteiger partial charge is 0.472 e. The first-order valence-electron chi connectivity index (χ1n) is 10.9. The van der Waals surface area contributed by atoms with Crippen LogP contribution in [0.4, 0.5) is 5.69 Å². The Morgan fingerprint density at radius 2 is 2.06 bits per heavy atom. The number of carbonyl (C=O) groups excluding carboxylic acids is 2. The third-order valence-electron chi connectivity index (χ3n) is 5.12. The van der Waals surface area contributed by atoms with E-state index in [4.69, 9.17) is 16.3 Å². The zero-order valence-electron chi connectivity index (χ0n) is 19.3. The predicted molar refractivity (Wildman–Crippen MR) is 135 cm³/mol. The Labute approximate surface area is 211 Å². The standard InChI is InChI=1S/C24H23ClN6O3S/c1-13(2)28-23(32)17-8-15(10-26)7-14(3)21(17)29-24(33)19-9-20(34-16-11-35-12-16)30-31(19)22-18(25)5-4-6-27-22/h4-9,13,16H,11-12H2,1-3H3,(H,28,32)(H,29,33). The van der Waals surface area contributed by atoms with Crippen molar-refractivity contribution in [2.45, 2.75) is 32.9 Å². The van der Waals surface area contributed by atoms with E-state index in [0.717, 1.165) is 11.5 Å². The fourth-order valence-corrected chi connectivity index (χ4v) is 4.21. The van der Waals surface area contributed by atoms with Gasteiger partial charge in [0.1, 0.15) is 11.8 Å². The first-order valence-corrected chi connectivity index (χ1v) is 12.4. The van der Waals surface area contributed by atoms with Crippen LogP contribution in [0, 0.1) is 18.3 Å². The third kappa shape index (κ3) is 5.42. The molecule has 3 heterocycles. The number of hydrogen-bond donors (Lipinski definition) is 2. The zero-order chi connectivity index (χ0) is 25.1. The van der Waals surface area contributed by atoms with Crippen LogP contribution in [0.1, 0.15) is 45.8 Å². The zero-order valence-corrected chi connectivity index (χ0v) is 20.9. The molecule has 1 aromatic carbocycles. The van der Waals surface area contributed by atoms with Gasteiger partial charge in [-0.1, -0.05) is 11.6 Å². The van der Waals surface area contributed by atoms with Gasteiger partial charge >= 0.3 is 0 Å². The summed E-state index contributed by atoms with van der Waals surface area (Å²) < 4.78 is 7.21. The number of amides is 2. The Kier molecular flexibility index (Phi) is 7.28. The molecule has 1 aliphatic rings. The molecule has 2 amide bonds. The second kappa shape index (κ2) is 10.4. The summed E-state index contributed by atoms with van der Waals surface area (Å²) >= 11 is 8.10. The molecule has 35 heavy (non-hydrogen) atoms. The predicted octanol–water partition coefficient (Wildman–Crippen LogP) is 3.99. The van der Waals surface area contributed by atoms with Crippen molar-refractivity contribution >= 4 is 40.9 Å². The van der Waals surface area contributed by atoms with Crippen LogP contribution in [0.15, 0.2) is 36.5 Å². The van der Waals surface area contributed by atoms with E-state index in [1.165, 1.54) is 16.8 Å². The Hall–Kier alpha value is -3.55. The summed E-state index contributed by atoms with van der Waals surface area (Å²) in [6.07, 6.45) is 1.57. The third-order valence-corrected chi connectivity index (χ3v) is 6.63. The smallest absolute Gasteiger partial charge is 0.274 e. The minimum atomic E-state index is -0.538. The van der Waals surface area contributed by atoms with Crippen molar-refractivity contribution in [3.63, 3.8) is 0 Å². The van der Waals surface area contributed by atoms with Crippen molar-refractivity contribution in [1.29, 1.82) is 5.26 Å². The van der Waals surface area contributed by atoms with Crippen LogP contribution in [0.3, 0.4) is 0 Å². The van der Waals surface area contributed by atoms with E-state index in [9.17, 15) is 14.9 Å². The molecule has 180 valence electrons. The van der Waals surface area contributed by atoms with Gasteiger partial charge in [0.15, 0.2) is 5.82 Å². The van der Waals surface area contributed by atoms with Crippen LogP contribution in [0.2, 0.25) is 5.02 Å². The number of benzene rings is 1. The molecule has 1 saturated heterocycles. The number of pyridine rings is 1. The molecule has 9 nitrogen and oxygen atoms in total. The minimum Gasteiger partial charge on any atom is -0.472 e. The van der Waals surface area contributed by atoms with Gasteiger partial charge in [0.25, 0.3) is 11.8 Å². The topological polar surface area (TPSA) is 122 Å². The quantitative estimate of drug-likeness (QED) is 0.492. The van der Waals surface area contributed by atoms with Crippen molar-refractivity contribution in [1.82, 2.24) is 20.1 Å². The number of nitrogens with one attached hydrogen (secondary N) is 2. The molecule has 0 spiro atoms. The van der Waals surface area contributed by atoms with Gasteiger partial charge in [-0.05, 0) is 50.6 Å². The summed E-state index contributed by atoms with van der Waals surface area (Å²) in [7, 11) is 0. The highest BCUT2D eigenvalue weighted by Crippen LogP contribution is 2.28. The van der Waals surface area contributed by atoms with E-state index in [1.54, 1.807) is 43.1 Å². The number of ether oxygens (including phenoxy) is 1. The molecule has 4 rings (SSSR count). The van der Waals surface area contributed by atoms with Gasteiger partial charge in [-0.15, -0.1) is 5.10 Å². The number of rotatable bonds is 7. The lowest BCUT2D eigenvalue weighted by Gasteiger charge is -2.24. The maximum atomic E-state index is 13.5. The lowest BCUT2D eigenvalue weighted by Crippen LogP contribution is -2.31. The fourth-order valence-electron chi connectivity index (χ4n) is 3.44. The highest BCUT2D eigenvalue weighted by Gasteiger charge is 2.26. The van der Waals surface area contributed by atoms with Gasteiger partial charge in [0.05, 0.1) is 27.9 Å². The SMILES string of the molecule is Cc1cc(C#N)cc(C(=O)NC(C)C)c1NC(=O)c1cc(OC2CSC2)nn1-c1ncccc1Cl. The Balaban J connectivity index is 1.74. The minimum absolute atomic E-state index is 0.0190. The fraction of sp³-hybridized carbons (Fsp3) is 0.292. The van der Waals surface area contributed by atoms with Crippen LogP contribution in [-0.2, 0) is 0 Å². The summed E-state index contributed by atoms with van der Waals surface area (Å²) in [6, 6.07) is 9.83. The molecule has 0 aliphatic carbocycles. The average Bonchev–Trinajstić information content (AvgIpc) is 3.21. The second-order valence-corrected chi connectivity index (χ2v) is 9.76. The molecule has 0 saturated carbocycles. The number of aromatic nitrogens is 3. The van der Waals surface area contributed by atoms with Crippen molar-refractivity contribution in [2.75, 3.05) is 16.8 Å². The number of nitrogens with zero attached hydrogens (tertiary/aromatic N) is 4. The van der Waals surface area contributed by atoms with E-state index < -0.39 is 11.8 Å². The number of halogens is 1. The number of thioether (sulfide) groups is 1. The molecule has 0 unspecified atom stereocenters. The van der Waals surface area contributed by atoms with Crippen molar-refractivity contribution < 1.29 is 14.3 Å². The molecule has 1 aliphatic heterocycles. The maximum absolute atomic E-state index is 13.5. The Morgan fingerprint density at radius 3 is 2.69 bits per heavy atom. The summed E-state index contributed by atoms with van der Waals surface area (Å²) in [5, 5.41) is 19.7. The second-order valence-electron chi connectivity index (χ2n) is 8.28. The molecule has 2 aromatic heterocycles. The number of anilines is 1.